The van der Waals surface area contributed by atoms with E-state index in [1.807, 2.05) is 36.4 Å². The summed E-state index contributed by atoms with van der Waals surface area (Å²) in [5.74, 6) is 0.0704. The van der Waals surface area contributed by atoms with E-state index in [4.69, 9.17) is 11.6 Å². The van der Waals surface area contributed by atoms with Crippen LogP contribution in [0.2, 0.25) is 5.02 Å². The molecule has 164 valence electrons. The van der Waals surface area contributed by atoms with Crippen molar-refractivity contribution in [2.75, 3.05) is 36.0 Å². The third-order valence-corrected chi connectivity index (χ3v) is 6.92. The molecule has 32 heavy (non-hydrogen) atoms. The Morgan fingerprint density at radius 3 is 2.62 bits per heavy atom. The average Bonchev–Trinajstić information content (AvgIpc) is 2.84. The molecule has 2 heterocycles. The van der Waals surface area contributed by atoms with Crippen LogP contribution in [0.25, 0.3) is 0 Å². The molecule has 0 aromatic heterocycles. The lowest BCUT2D eigenvalue weighted by atomic mass is 9.83. The maximum Gasteiger partial charge on any atom is 0.225 e. The lowest BCUT2D eigenvalue weighted by Gasteiger charge is -2.49. The minimum Gasteiger partial charge on any atom is -0.368 e. The number of para-hydroxylation sites is 1. The molecule has 2 aliphatic rings. The predicted molar refractivity (Wildman–Crippen MR) is 132 cm³/mol. The third-order valence-electron chi connectivity index (χ3n) is 6.69. The van der Waals surface area contributed by atoms with Crippen LogP contribution in [-0.2, 0) is 17.6 Å². The number of nitrogens with zero attached hydrogens (tertiary/aromatic N) is 2. The molecular weight excluding hydrogens is 418 g/mol. The molecule has 1 saturated heterocycles. The molecule has 3 aromatic carbocycles. The van der Waals surface area contributed by atoms with Gasteiger partial charge in [0.25, 0.3) is 0 Å². The molecule has 2 aliphatic heterocycles. The second kappa shape index (κ2) is 9.25. The normalized spacial score (nSPS) is 19.8. The summed E-state index contributed by atoms with van der Waals surface area (Å²) in [5.41, 5.74) is 4.91. The maximum absolute atomic E-state index is 13.4. The second-order valence-corrected chi connectivity index (χ2v) is 9.09. The molecule has 1 fully saturated rings. The van der Waals surface area contributed by atoms with Crippen molar-refractivity contribution in [2.45, 2.75) is 18.9 Å². The van der Waals surface area contributed by atoms with E-state index in [0.29, 0.717) is 6.54 Å². The summed E-state index contributed by atoms with van der Waals surface area (Å²) in [6.07, 6.45) is 1.62. The third kappa shape index (κ3) is 4.33. The number of carbonyl (C=O) groups excluding carboxylic acids is 1. The first-order chi connectivity index (χ1) is 15.7. The van der Waals surface area contributed by atoms with Crippen molar-refractivity contribution in [3.05, 3.63) is 95.0 Å². The number of halogens is 1. The van der Waals surface area contributed by atoms with E-state index in [1.165, 1.54) is 16.8 Å². The predicted octanol–water partition coefficient (Wildman–Crippen LogP) is 4.57. The van der Waals surface area contributed by atoms with Gasteiger partial charge in [-0.25, -0.2) is 0 Å². The standard InChI is InChI=1S/C27H28ClN3O/c28-22-10-6-11-23(18-22)30-15-16-31-25-12-5-4-9-21(25)17-24(26(31)19-30)27(32)29-14-13-20-7-2-1-3-8-20/h1-12,18,24,26H,13-17,19H2,(H,29,32)/t24-,26-/m1/s1. The zero-order valence-electron chi connectivity index (χ0n) is 18.1. The number of amides is 1. The van der Waals surface area contributed by atoms with Gasteiger partial charge in [-0.2, -0.15) is 0 Å². The van der Waals surface area contributed by atoms with E-state index >= 15 is 0 Å². The second-order valence-electron chi connectivity index (χ2n) is 8.65. The lowest BCUT2D eigenvalue weighted by molar-refractivity contribution is -0.125. The Balaban J connectivity index is 1.35. The minimum absolute atomic E-state index is 0.0809. The van der Waals surface area contributed by atoms with Crippen LogP contribution in [0.1, 0.15) is 11.1 Å². The van der Waals surface area contributed by atoms with Gasteiger partial charge in [-0.15, -0.1) is 0 Å². The van der Waals surface area contributed by atoms with Crippen LogP contribution >= 0.6 is 11.6 Å². The van der Waals surface area contributed by atoms with Crippen molar-refractivity contribution in [3.8, 4) is 0 Å². The zero-order valence-corrected chi connectivity index (χ0v) is 18.8. The molecule has 3 aromatic rings. The Hall–Kier alpha value is -2.98. The summed E-state index contributed by atoms with van der Waals surface area (Å²) in [4.78, 5) is 18.2. The summed E-state index contributed by atoms with van der Waals surface area (Å²) in [6.45, 7) is 3.27. The fourth-order valence-corrected chi connectivity index (χ4v) is 5.26. The molecule has 5 rings (SSSR count). The summed E-state index contributed by atoms with van der Waals surface area (Å²) < 4.78 is 0. The van der Waals surface area contributed by atoms with Crippen LogP contribution in [0.3, 0.4) is 0 Å². The van der Waals surface area contributed by atoms with Gasteiger partial charge in [0.05, 0.1) is 12.0 Å². The Morgan fingerprint density at radius 1 is 0.969 bits per heavy atom. The first-order valence-corrected chi connectivity index (χ1v) is 11.7. The molecule has 0 unspecified atom stereocenters. The molecule has 1 N–H and O–H groups in total. The highest BCUT2D eigenvalue weighted by atomic mass is 35.5. The number of hydrogen-bond acceptors (Lipinski definition) is 3. The van der Waals surface area contributed by atoms with Gasteiger partial charge in [0.2, 0.25) is 5.91 Å². The van der Waals surface area contributed by atoms with Crippen LogP contribution < -0.4 is 15.1 Å². The molecule has 1 amide bonds. The van der Waals surface area contributed by atoms with Gasteiger partial charge in [0.15, 0.2) is 0 Å². The van der Waals surface area contributed by atoms with E-state index in [9.17, 15) is 4.79 Å². The molecular formula is C27H28ClN3O. The number of benzene rings is 3. The van der Waals surface area contributed by atoms with E-state index in [-0.39, 0.29) is 17.9 Å². The van der Waals surface area contributed by atoms with E-state index < -0.39 is 0 Å². The Labute approximate surface area is 194 Å². The maximum atomic E-state index is 13.4. The number of fused-ring (bicyclic) bond motifs is 3. The topological polar surface area (TPSA) is 35.6 Å². The SMILES string of the molecule is O=C(NCCc1ccccc1)[C@@H]1Cc2ccccc2N2CCN(c3cccc(Cl)c3)C[C@H]12. The number of hydrogen-bond donors (Lipinski definition) is 1. The molecule has 4 nitrogen and oxygen atoms in total. The molecule has 0 aliphatic carbocycles. The monoisotopic (exact) mass is 445 g/mol. The smallest absolute Gasteiger partial charge is 0.225 e. The number of rotatable bonds is 5. The lowest BCUT2D eigenvalue weighted by Crippen LogP contribution is -2.61. The highest BCUT2D eigenvalue weighted by Gasteiger charge is 2.41. The molecule has 0 spiro atoms. The molecule has 0 bridgehead atoms. The van der Waals surface area contributed by atoms with Crippen molar-refractivity contribution in [1.82, 2.24) is 5.32 Å². The first kappa shape index (κ1) is 20.9. The zero-order chi connectivity index (χ0) is 21.9. The van der Waals surface area contributed by atoms with Gasteiger partial charge in [-0.1, -0.05) is 66.2 Å². The molecule has 2 atom stereocenters. The Kier molecular flexibility index (Phi) is 6.04. The van der Waals surface area contributed by atoms with E-state index in [1.54, 1.807) is 0 Å². The van der Waals surface area contributed by atoms with Crippen LogP contribution in [-0.4, -0.2) is 38.1 Å². The highest BCUT2D eigenvalue weighted by Crippen LogP contribution is 2.37. The van der Waals surface area contributed by atoms with Crippen molar-refractivity contribution in [2.24, 2.45) is 5.92 Å². The van der Waals surface area contributed by atoms with E-state index in [0.717, 1.165) is 43.2 Å². The van der Waals surface area contributed by atoms with Crippen LogP contribution in [0.5, 0.6) is 0 Å². The summed E-state index contributed by atoms with van der Waals surface area (Å²) in [7, 11) is 0. The van der Waals surface area contributed by atoms with Gasteiger partial charge in [-0.05, 0) is 48.2 Å². The van der Waals surface area contributed by atoms with Crippen molar-refractivity contribution >= 4 is 28.9 Å². The summed E-state index contributed by atoms with van der Waals surface area (Å²) >= 11 is 6.25. The minimum atomic E-state index is -0.0809. The first-order valence-electron chi connectivity index (χ1n) is 11.4. The number of nitrogens with one attached hydrogen (secondary N) is 1. The van der Waals surface area contributed by atoms with Crippen molar-refractivity contribution in [3.63, 3.8) is 0 Å². The molecule has 0 saturated carbocycles. The van der Waals surface area contributed by atoms with Gasteiger partial charge in [0.1, 0.15) is 0 Å². The average molecular weight is 446 g/mol. The van der Waals surface area contributed by atoms with E-state index in [2.05, 4.69) is 57.6 Å². The van der Waals surface area contributed by atoms with Gasteiger partial charge in [0, 0.05) is 42.6 Å². The quantitative estimate of drug-likeness (QED) is 0.625. The molecule has 0 radical (unpaired) electrons. The van der Waals surface area contributed by atoms with Crippen LogP contribution in [0.4, 0.5) is 11.4 Å². The fraction of sp³-hybridized carbons (Fsp3) is 0.296. The highest BCUT2D eigenvalue weighted by molar-refractivity contribution is 6.30. The molecule has 5 heteroatoms. The van der Waals surface area contributed by atoms with Gasteiger partial charge >= 0.3 is 0 Å². The Bertz CT molecular complexity index is 1090. The summed E-state index contributed by atoms with van der Waals surface area (Å²) in [5, 5.41) is 3.97. The Morgan fingerprint density at radius 2 is 1.78 bits per heavy atom. The fourth-order valence-electron chi connectivity index (χ4n) is 5.07. The number of piperazine rings is 1. The summed E-state index contributed by atoms with van der Waals surface area (Å²) in [6, 6.07) is 27.0. The largest absolute Gasteiger partial charge is 0.368 e. The number of anilines is 2. The van der Waals surface area contributed by atoms with Gasteiger partial charge in [-0.3, -0.25) is 4.79 Å². The van der Waals surface area contributed by atoms with Crippen LogP contribution in [0.15, 0.2) is 78.9 Å². The van der Waals surface area contributed by atoms with Crippen LogP contribution in [0, 0.1) is 5.92 Å². The van der Waals surface area contributed by atoms with Gasteiger partial charge < -0.3 is 15.1 Å². The van der Waals surface area contributed by atoms with Crippen molar-refractivity contribution in [1.29, 1.82) is 0 Å². The number of carbonyl (C=O) groups is 1. The van der Waals surface area contributed by atoms with Crippen molar-refractivity contribution < 1.29 is 4.79 Å².